The quantitative estimate of drug-likeness (QED) is 0.490. The standard InChI is InChI=1S/C23H44/c1-2-14-21-15-9-7-5-3-4-6-8-10-17-23(20-13-16-21)22-18-11-12-19-22/h21-23H,2-20H2,1H3. The van der Waals surface area contributed by atoms with Crippen LogP contribution in [0.15, 0.2) is 0 Å². The van der Waals surface area contributed by atoms with Crippen molar-refractivity contribution in [1.82, 2.24) is 0 Å². The van der Waals surface area contributed by atoms with Gasteiger partial charge in [0, 0.05) is 0 Å². The maximum Gasteiger partial charge on any atom is -0.0386 e. The van der Waals surface area contributed by atoms with Crippen LogP contribution in [-0.2, 0) is 0 Å². The van der Waals surface area contributed by atoms with E-state index in [9.17, 15) is 0 Å². The molecule has 0 spiro atoms. The van der Waals surface area contributed by atoms with Gasteiger partial charge in [-0.05, 0) is 17.8 Å². The smallest absolute Gasteiger partial charge is 0.0386 e. The molecule has 0 saturated heterocycles. The largest absolute Gasteiger partial charge is 0.0654 e. The summed E-state index contributed by atoms with van der Waals surface area (Å²) in [5.41, 5.74) is 0. The molecule has 0 radical (unpaired) electrons. The Morgan fingerprint density at radius 2 is 0.870 bits per heavy atom. The Bertz CT molecular complexity index is 263. The van der Waals surface area contributed by atoms with Crippen LogP contribution in [0, 0.1) is 17.8 Å². The molecule has 2 fully saturated rings. The van der Waals surface area contributed by atoms with Gasteiger partial charge in [-0.1, -0.05) is 129 Å². The van der Waals surface area contributed by atoms with Gasteiger partial charge in [0.25, 0.3) is 0 Å². The Hall–Kier alpha value is 0. The zero-order valence-electron chi connectivity index (χ0n) is 16.2. The molecule has 2 unspecified atom stereocenters. The van der Waals surface area contributed by atoms with Gasteiger partial charge in [0.1, 0.15) is 0 Å². The average Bonchev–Trinajstić information content (AvgIpc) is 3.08. The van der Waals surface area contributed by atoms with Gasteiger partial charge in [-0.3, -0.25) is 0 Å². The summed E-state index contributed by atoms with van der Waals surface area (Å²) in [6.45, 7) is 2.39. The second kappa shape index (κ2) is 12.4. The SMILES string of the molecule is CCCC1CCCCCCCCCCC(C2CCCC2)CCC1. The zero-order chi connectivity index (χ0) is 16.2. The molecule has 0 bridgehead atoms. The third-order valence-corrected chi connectivity index (χ3v) is 6.89. The van der Waals surface area contributed by atoms with Crippen LogP contribution in [0.4, 0.5) is 0 Å². The predicted molar refractivity (Wildman–Crippen MR) is 104 cm³/mol. The van der Waals surface area contributed by atoms with Crippen molar-refractivity contribution in [3.05, 3.63) is 0 Å². The van der Waals surface area contributed by atoms with Gasteiger partial charge < -0.3 is 0 Å². The molecule has 0 N–H and O–H groups in total. The van der Waals surface area contributed by atoms with Crippen molar-refractivity contribution in [1.29, 1.82) is 0 Å². The third kappa shape index (κ3) is 8.08. The highest BCUT2D eigenvalue weighted by Gasteiger charge is 2.24. The van der Waals surface area contributed by atoms with Crippen LogP contribution >= 0.6 is 0 Å². The van der Waals surface area contributed by atoms with Gasteiger partial charge in [0.05, 0.1) is 0 Å². The van der Waals surface area contributed by atoms with E-state index in [1.807, 2.05) is 0 Å². The van der Waals surface area contributed by atoms with Crippen molar-refractivity contribution < 1.29 is 0 Å². The monoisotopic (exact) mass is 320 g/mol. The van der Waals surface area contributed by atoms with Crippen molar-refractivity contribution in [2.75, 3.05) is 0 Å². The number of rotatable bonds is 3. The fraction of sp³-hybridized carbons (Fsp3) is 1.00. The average molecular weight is 321 g/mol. The van der Waals surface area contributed by atoms with E-state index in [0.29, 0.717) is 0 Å². The van der Waals surface area contributed by atoms with Crippen molar-refractivity contribution in [2.24, 2.45) is 17.8 Å². The molecule has 2 aliphatic rings. The molecule has 0 heteroatoms. The lowest BCUT2D eigenvalue weighted by molar-refractivity contribution is 0.270. The molecule has 0 aliphatic heterocycles. The van der Waals surface area contributed by atoms with Crippen LogP contribution in [0.3, 0.4) is 0 Å². The molecular weight excluding hydrogens is 276 g/mol. The fourth-order valence-corrected chi connectivity index (χ4v) is 5.45. The minimum absolute atomic E-state index is 1.05. The molecule has 2 atom stereocenters. The molecule has 0 aromatic carbocycles. The van der Waals surface area contributed by atoms with Gasteiger partial charge >= 0.3 is 0 Å². The van der Waals surface area contributed by atoms with Gasteiger partial charge in [-0.15, -0.1) is 0 Å². The molecule has 0 aromatic heterocycles. The molecule has 2 aliphatic carbocycles. The Morgan fingerprint density at radius 1 is 0.478 bits per heavy atom. The Morgan fingerprint density at radius 3 is 1.43 bits per heavy atom. The molecule has 0 aromatic rings. The first-order valence-electron chi connectivity index (χ1n) is 11.4. The minimum Gasteiger partial charge on any atom is -0.0654 e. The van der Waals surface area contributed by atoms with Crippen molar-refractivity contribution in [3.8, 4) is 0 Å². The number of hydrogen-bond acceptors (Lipinski definition) is 0. The van der Waals surface area contributed by atoms with E-state index in [1.54, 1.807) is 25.7 Å². The van der Waals surface area contributed by atoms with Gasteiger partial charge in [-0.2, -0.15) is 0 Å². The van der Waals surface area contributed by atoms with Crippen molar-refractivity contribution in [3.63, 3.8) is 0 Å². The Labute approximate surface area is 147 Å². The van der Waals surface area contributed by atoms with E-state index in [0.717, 1.165) is 17.8 Å². The Balaban J connectivity index is 1.81. The van der Waals surface area contributed by atoms with E-state index in [4.69, 9.17) is 0 Å². The summed E-state index contributed by atoms with van der Waals surface area (Å²) in [5, 5.41) is 0. The summed E-state index contributed by atoms with van der Waals surface area (Å²) in [6, 6.07) is 0. The Kier molecular flexibility index (Phi) is 10.4. The van der Waals surface area contributed by atoms with Crippen LogP contribution in [0.1, 0.15) is 129 Å². The zero-order valence-corrected chi connectivity index (χ0v) is 16.2. The van der Waals surface area contributed by atoms with E-state index < -0.39 is 0 Å². The van der Waals surface area contributed by atoms with Crippen molar-refractivity contribution in [2.45, 2.75) is 129 Å². The highest BCUT2D eigenvalue weighted by atomic mass is 14.3. The van der Waals surface area contributed by atoms with Crippen LogP contribution < -0.4 is 0 Å². The normalized spacial score (nSPS) is 30.7. The summed E-state index contributed by atoms with van der Waals surface area (Å²) in [7, 11) is 0. The highest BCUT2D eigenvalue weighted by Crippen LogP contribution is 2.37. The van der Waals surface area contributed by atoms with E-state index in [-0.39, 0.29) is 0 Å². The molecule has 0 heterocycles. The summed E-state index contributed by atoms with van der Waals surface area (Å²) >= 11 is 0. The maximum atomic E-state index is 2.39. The lowest BCUT2D eigenvalue weighted by atomic mass is 9.81. The van der Waals surface area contributed by atoms with Gasteiger partial charge in [0.15, 0.2) is 0 Å². The summed E-state index contributed by atoms with van der Waals surface area (Å²) in [4.78, 5) is 0. The van der Waals surface area contributed by atoms with E-state index in [1.165, 1.54) is 96.3 Å². The molecule has 23 heavy (non-hydrogen) atoms. The number of hydrogen-bond donors (Lipinski definition) is 0. The molecule has 2 rings (SSSR count). The van der Waals surface area contributed by atoms with E-state index >= 15 is 0 Å². The molecular formula is C23H44. The molecule has 0 nitrogen and oxygen atoms in total. The summed E-state index contributed by atoms with van der Waals surface area (Å²) < 4.78 is 0. The second-order valence-corrected chi connectivity index (χ2v) is 8.80. The summed E-state index contributed by atoms with van der Waals surface area (Å²) in [5.74, 6) is 3.24. The van der Waals surface area contributed by atoms with E-state index in [2.05, 4.69) is 6.92 Å². The lowest BCUT2D eigenvalue weighted by Gasteiger charge is -2.25. The topological polar surface area (TPSA) is 0 Å². The maximum absolute atomic E-state index is 2.39. The van der Waals surface area contributed by atoms with Gasteiger partial charge in [0.2, 0.25) is 0 Å². The molecule has 0 amide bonds. The predicted octanol–water partition coefficient (Wildman–Crippen LogP) is 8.29. The molecule has 2 saturated carbocycles. The lowest BCUT2D eigenvalue weighted by Crippen LogP contribution is -2.13. The third-order valence-electron chi connectivity index (χ3n) is 6.89. The summed E-state index contributed by atoms with van der Waals surface area (Å²) in [6.07, 6.45) is 28.9. The fourth-order valence-electron chi connectivity index (χ4n) is 5.45. The van der Waals surface area contributed by atoms with Gasteiger partial charge in [-0.25, -0.2) is 0 Å². The van der Waals surface area contributed by atoms with Crippen LogP contribution in [0.5, 0.6) is 0 Å². The minimum atomic E-state index is 1.05. The first-order chi connectivity index (χ1) is 11.4. The second-order valence-electron chi connectivity index (χ2n) is 8.80. The van der Waals surface area contributed by atoms with Crippen molar-refractivity contribution >= 4 is 0 Å². The first-order valence-corrected chi connectivity index (χ1v) is 11.4. The van der Waals surface area contributed by atoms with Crippen LogP contribution in [0.2, 0.25) is 0 Å². The highest BCUT2D eigenvalue weighted by molar-refractivity contribution is 4.76. The first kappa shape index (κ1) is 19.3. The van der Waals surface area contributed by atoms with Crippen LogP contribution in [0.25, 0.3) is 0 Å². The van der Waals surface area contributed by atoms with Crippen LogP contribution in [-0.4, -0.2) is 0 Å². The molecule has 136 valence electrons.